The van der Waals surface area contributed by atoms with Gasteiger partial charge >= 0.3 is 0 Å². The lowest BCUT2D eigenvalue weighted by Gasteiger charge is -2.29. The largest absolute Gasteiger partial charge is 0.369 e. The maximum absolute atomic E-state index is 13.7. The Balaban J connectivity index is 0.987. The number of nitrogens with one attached hydrogen (secondary N) is 6. The van der Waals surface area contributed by atoms with E-state index in [9.17, 15) is 33.6 Å². The fourth-order valence-corrected chi connectivity index (χ4v) is 10.4. The van der Waals surface area contributed by atoms with Crippen LogP contribution < -0.4 is 37.6 Å². The standard InChI is InChI=1S/C38H59N7O7/c1-20(46)40-28-15-3-9-22(28)34(48)42-30-17-5-11-24(30)36(50)44-32-19-7-13-26(32)38(52)45-31-18-6-12-25(31)37(51)43-29-16-4-10-23(29)35(49)41-27-14-2-8-21(27)33(39)47/h21-32H,2-19H2,1H3,(H2,39,47)(H,40,46)(H,41,49)(H,42,48)(H,43,51)(H,44,50)(H,45,52)/t21-,22-,23-,24-,25-,26-,27-,28-,29-,30-,31-,32-/m1/s1. The van der Waals surface area contributed by atoms with Crippen LogP contribution in [-0.2, 0) is 33.6 Å². The maximum atomic E-state index is 13.7. The van der Waals surface area contributed by atoms with Gasteiger partial charge in [-0.05, 0) is 77.0 Å². The van der Waals surface area contributed by atoms with E-state index in [1.54, 1.807) is 0 Å². The number of carbonyl (C=O) groups excluding carboxylic acids is 7. The molecule has 288 valence electrons. The van der Waals surface area contributed by atoms with E-state index in [0.717, 1.165) is 51.4 Å². The Labute approximate surface area is 306 Å². The third-order valence-corrected chi connectivity index (χ3v) is 13.2. The van der Waals surface area contributed by atoms with Crippen LogP contribution in [0.2, 0.25) is 0 Å². The Kier molecular flexibility index (Phi) is 12.4. The van der Waals surface area contributed by atoms with Crippen LogP contribution in [0.15, 0.2) is 0 Å². The van der Waals surface area contributed by atoms with E-state index in [4.69, 9.17) is 5.73 Å². The average Bonchev–Trinajstić information content (AvgIpc) is 3.93. The molecule has 0 aliphatic heterocycles. The second-order valence-electron chi connectivity index (χ2n) is 16.5. The van der Waals surface area contributed by atoms with Gasteiger partial charge in [0.25, 0.3) is 0 Å². The predicted octanol–water partition coefficient (Wildman–Crippen LogP) is 1.20. The van der Waals surface area contributed by atoms with E-state index < -0.39 is 11.8 Å². The van der Waals surface area contributed by atoms with E-state index in [1.165, 1.54) is 6.92 Å². The van der Waals surface area contributed by atoms with Crippen LogP contribution >= 0.6 is 0 Å². The maximum Gasteiger partial charge on any atom is 0.225 e. The van der Waals surface area contributed by atoms with Gasteiger partial charge in [0, 0.05) is 43.2 Å². The molecule has 0 saturated heterocycles. The smallest absolute Gasteiger partial charge is 0.225 e. The van der Waals surface area contributed by atoms with Gasteiger partial charge in [0.2, 0.25) is 41.4 Å². The number of hydrogen-bond donors (Lipinski definition) is 7. The monoisotopic (exact) mass is 725 g/mol. The van der Waals surface area contributed by atoms with Crippen molar-refractivity contribution in [3.63, 3.8) is 0 Å². The first kappa shape index (κ1) is 38.0. The second-order valence-corrected chi connectivity index (χ2v) is 16.5. The van der Waals surface area contributed by atoms with Crippen molar-refractivity contribution in [2.24, 2.45) is 41.2 Å². The Hall–Kier alpha value is -3.71. The molecule has 52 heavy (non-hydrogen) atoms. The van der Waals surface area contributed by atoms with Gasteiger partial charge in [-0.25, -0.2) is 0 Å². The summed E-state index contributed by atoms with van der Waals surface area (Å²) < 4.78 is 0. The zero-order chi connectivity index (χ0) is 36.9. The van der Waals surface area contributed by atoms with Crippen LogP contribution in [0.3, 0.4) is 0 Å². The van der Waals surface area contributed by atoms with Crippen molar-refractivity contribution in [2.75, 3.05) is 0 Å². The summed E-state index contributed by atoms with van der Waals surface area (Å²) in [5, 5.41) is 18.6. The van der Waals surface area contributed by atoms with E-state index >= 15 is 0 Å². The molecule has 0 aromatic heterocycles. The van der Waals surface area contributed by atoms with Crippen molar-refractivity contribution in [2.45, 2.75) is 159 Å². The van der Waals surface area contributed by atoms with Gasteiger partial charge in [-0.15, -0.1) is 0 Å². The van der Waals surface area contributed by atoms with Crippen LogP contribution in [0.5, 0.6) is 0 Å². The summed E-state index contributed by atoms with van der Waals surface area (Å²) >= 11 is 0. The summed E-state index contributed by atoms with van der Waals surface area (Å²) in [5.74, 6) is -3.39. The molecule has 6 fully saturated rings. The molecule has 6 aliphatic rings. The van der Waals surface area contributed by atoms with Crippen molar-refractivity contribution >= 4 is 41.4 Å². The summed E-state index contributed by atoms with van der Waals surface area (Å²) in [5.41, 5.74) is 5.56. The SMILES string of the molecule is CC(=O)N[C@@H]1CCC[C@H]1C(=O)N[C@@H]1CCC[C@H]1C(=O)N[C@@H]1CCC[C@H]1C(=O)N[C@@H]1CCC[C@H]1C(=O)N[C@@H]1CCC[C@H]1C(=O)N[C@@H]1CCC[C@H]1C(N)=O. The van der Waals surface area contributed by atoms with Crippen molar-refractivity contribution in [3.05, 3.63) is 0 Å². The van der Waals surface area contributed by atoms with Gasteiger partial charge < -0.3 is 37.6 Å². The predicted molar refractivity (Wildman–Crippen MR) is 190 cm³/mol. The fourth-order valence-electron chi connectivity index (χ4n) is 10.4. The third-order valence-electron chi connectivity index (χ3n) is 13.2. The highest BCUT2D eigenvalue weighted by molar-refractivity contribution is 5.87. The first-order valence-electron chi connectivity index (χ1n) is 20.1. The lowest BCUT2D eigenvalue weighted by Crippen LogP contribution is -2.53. The molecular formula is C38H59N7O7. The zero-order valence-corrected chi connectivity index (χ0v) is 30.6. The average molecular weight is 726 g/mol. The molecule has 0 bridgehead atoms. The van der Waals surface area contributed by atoms with Crippen LogP contribution in [0, 0.1) is 35.5 Å². The summed E-state index contributed by atoms with van der Waals surface area (Å²) in [6.45, 7) is 1.46. The first-order valence-corrected chi connectivity index (χ1v) is 20.1. The van der Waals surface area contributed by atoms with E-state index in [0.29, 0.717) is 64.2 Å². The lowest BCUT2D eigenvalue weighted by molar-refractivity contribution is -0.131. The highest BCUT2D eigenvalue weighted by Gasteiger charge is 2.44. The second kappa shape index (κ2) is 17.0. The quantitative estimate of drug-likeness (QED) is 0.156. The van der Waals surface area contributed by atoms with Gasteiger partial charge in [0.05, 0.1) is 35.5 Å². The highest BCUT2D eigenvalue weighted by Crippen LogP contribution is 2.34. The summed E-state index contributed by atoms with van der Waals surface area (Å²) in [7, 11) is 0. The topological polar surface area (TPSA) is 218 Å². The van der Waals surface area contributed by atoms with Gasteiger partial charge in [-0.2, -0.15) is 0 Å². The fraction of sp³-hybridized carbons (Fsp3) is 0.816. The highest BCUT2D eigenvalue weighted by atomic mass is 16.2. The molecule has 8 N–H and O–H groups in total. The van der Waals surface area contributed by atoms with Crippen LogP contribution in [0.1, 0.15) is 122 Å². The number of amides is 7. The van der Waals surface area contributed by atoms with Gasteiger partial charge in [-0.1, -0.05) is 38.5 Å². The molecule has 0 radical (unpaired) electrons. The Morgan fingerprint density at radius 1 is 0.346 bits per heavy atom. The Morgan fingerprint density at radius 2 is 0.558 bits per heavy atom. The van der Waals surface area contributed by atoms with Gasteiger partial charge in [-0.3, -0.25) is 33.6 Å². The summed E-state index contributed by atoms with van der Waals surface area (Å²) in [4.78, 5) is 90.9. The molecule has 0 aromatic carbocycles. The minimum Gasteiger partial charge on any atom is -0.369 e. The third kappa shape index (κ3) is 8.73. The molecule has 6 rings (SSSR count). The summed E-state index contributed by atoms with van der Waals surface area (Å²) in [6, 6.07) is -1.65. The van der Waals surface area contributed by atoms with Crippen molar-refractivity contribution < 1.29 is 33.6 Å². The molecule has 6 aliphatic carbocycles. The normalized spacial score (nSPS) is 36.9. The van der Waals surface area contributed by atoms with E-state index in [1.807, 2.05) is 0 Å². The molecule has 0 heterocycles. The number of primary amides is 1. The number of carbonyl (C=O) groups is 7. The number of nitrogens with two attached hydrogens (primary N) is 1. The molecule has 6 saturated carbocycles. The van der Waals surface area contributed by atoms with E-state index in [-0.39, 0.29) is 101 Å². The van der Waals surface area contributed by atoms with Crippen molar-refractivity contribution in [1.82, 2.24) is 31.9 Å². The molecule has 7 amide bonds. The molecule has 0 spiro atoms. The molecule has 0 unspecified atom stereocenters. The Morgan fingerprint density at radius 3 is 0.788 bits per heavy atom. The molecule has 0 aromatic rings. The van der Waals surface area contributed by atoms with E-state index in [2.05, 4.69) is 31.9 Å². The van der Waals surface area contributed by atoms with Crippen LogP contribution in [0.4, 0.5) is 0 Å². The molecule has 14 heteroatoms. The molecule has 12 atom stereocenters. The van der Waals surface area contributed by atoms with Crippen LogP contribution in [0.25, 0.3) is 0 Å². The van der Waals surface area contributed by atoms with Crippen molar-refractivity contribution in [1.29, 1.82) is 0 Å². The number of rotatable bonds is 12. The molecule has 14 nitrogen and oxygen atoms in total. The number of hydrogen-bond acceptors (Lipinski definition) is 7. The summed E-state index contributed by atoms with van der Waals surface area (Å²) in [6.07, 6.45) is 13.3. The minimum absolute atomic E-state index is 0.108. The van der Waals surface area contributed by atoms with Crippen molar-refractivity contribution in [3.8, 4) is 0 Å². The molecular weight excluding hydrogens is 666 g/mol. The Bertz CT molecular complexity index is 1390. The zero-order valence-electron chi connectivity index (χ0n) is 30.6. The van der Waals surface area contributed by atoms with Crippen LogP contribution in [-0.4, -0.2) is 77.6 Å². The van der Waals surface area contributed by atoms with Gasteiger partial charge in [0.15, 0.2) is 0 Å². The lowest BCUT2D eigenvalue weighted by atomic mass is 9.95. The van der Waals surface area contributed by atoms with Gasteiger partial charge in [0.1, 0.15) is 0 Å². The first-order chi connectivity index (χ1) is 25.0. The minimum atomic E-state index is -0.401.